The third-order valence-electron chi connectivity index (χ3n) is 6.99. The standard InChI is InChI=1S/C25H42N6O.HI/c1-20-18-23(12-17-31(20)19-21-8-4-3-5-9-21)29-25(27-2)28-13-6-7-14-30-15-10-22(11-16-30)24(26)32;/h3-5,8-9,20,22-23H,6-7,10-19H2,1-2H3,(H2,26,32)(H2,27,28,29);1H. The lowest BCUT2D eigenvalue weighted by molar-refractivity contribution is -0.123. The van der Waals surface area contributed by atoms with Gasteiger partial charge < -0.3 is 21.3 Å². The zero-order chi connectivity index (χ0) is 22.8. The second-order valence-corrected chi connectivity index (χ2v) is 9.40. The molecule has 0 aliphatic carbocycles. The summed E-state index contributed by atoms with van der Waals surface area (Å²) in [5, 5.41) is 7.12. The van der Waals surface area contributed by atoms with Crippen LogP contribution < -0.4 is 16.4 Å². The van der Waals surface area contributed by atoms with Crippen LogP contribution in [0.15, 0.2) is 35.3 Å². The molecule has 2 fully saturated rings. The van der Waals surface area contributed by atoms with Crippen molar-refractivity contribution in [2.45, 2.75) is 64.1 Å². The molecule has 4 N–H and O–H groups in total. The molecule has 33 heavy (non-hydrogen) atoms. The molecule has 0 saturated carbocycles. The van der Waals surface area contributed by atoms with Gasteiger partial charge in [0.05, 0.1) is 0 Å². The molecule has 7 nitrogen and oxygen atoms in total. The van der Waals surface area contributed by atoms with Crippen LogP contribution in [-0.2, 0) is 11.3 Å². The van der Waals surface area contributed by atoms with Crippen molar-refractivity contribution in [3.63, 3.8) is 0 Å². The van der Waals surface area contributed by atoms with E-state index in [1.165, 1.54) is 5.56 Å². The SMILES string of the molecule is CN=C(NCCCCN1CCC(C(N)=O)CC1)NC1CCN(Cc2ccccc2)C(C)C1.I. The van der Waals surface area contributed by atoms with Crippen LogP contribution in [-0.4, -0.2) is 73.5 Å². The van der Waals surface area contributed by atoms with Gasteiger partial charge in [-0.1, -0.05) is 30.3 Å². The maximum Gasteiger partial charge on any atom is 0.220 e. The molecule has 2 unspecified atom stereocenters. The summed E-state index contributed by atoms with van der Waals surface area (Å²) in [4.78, 5) is 20.7. The number of carbonyl (C=O) groups excluding carboxylic acids is 1. The average Bonchev–Trinajstić information content (AvgIpc) is 2.81. The predicted molar refractivity (Wildman–Crippen MR) is 147 cm³/mol. The van der Waals surface area contributed by atoms with Crippen LogP contribution in [0.25, 0.3) is 0 Å². The van der Waals surface area contributed by atoms with Gasteiger partial charge in [0.15, 0.2) is 5.96 Å². The van der Waals surface area contributed by atoms with Gasteiger partial charge in [-0.25, -0.2) is 0 Å². The van der Waals surface area contributed by atoms with E-state index >= 15 is 0 Å². The molecule has 8 heteroatoms. The van der Waals surface area contributed by atoms with Crippen LogP contribution in [0.1, 0.15) is 51.0 Å². The van der Waals surface area contributed by atoms with Gasteiger partial charge in [-0.05, 0) is 70.6 Å². The number of rotatable bonds is 9. The number of benzene rings is 1. The van der Waals surface area contributed by atoms with E-state index in [-0.39, 0.29) is 35.8 Å². The molecule has 0 radical (unpaired) electrons. The number of carbonyl (C=O) groups is 1. The van der Waals surface area contributed by atoms with Crippen LogP contribution in [0.4, 0.5) is 0 Å². The van der Waals surface area contributed by atoms with E-state index in [9.17, 15) is 4.79 Å². The van der Waals surface area contributed by atoms with E-state index in [1.54, 1.807) is 0 Å². The molecule has 0 spiro atoms. The second kappa shape index (κ2) is 14.8. The van der Waals surface area contributed by atoms with Gasteiger partial charge in [0.1, 0.15) is 0 Å². The van der Waals surface area contributed by atoms with E-state index < -0.39 is 0 Å². The van der Waals surface area contributed by atoms with Gasteiger partial charge in [0.25, 0.3) is 0 Å². The van der Waals surface area contributed by atoms with Gasteiger partial charge in [-0.2, -0.15) is 0 Å². The van der Waals surface area contributed by atoms with Gasteiger partial charge in [0.2, 0.25) is 5.91 Å². The number of likely N-dealkylation sites (tertiary alicyclic amines) is 2. The van der Waals surface area contributed by atoms with Crippen molar-refractivity contribution in [3.8, 4) is 0 Å². The first kappa shape index (κ1) is 27.9. The minimum atomic E-state index is -0.135. The van der Waals surface area contributed by atoms with Crippen LogP contribution >= 0.6 is 24.0 Å². The lowest BCUT2D eigenvalue weighted by Crippen LogP contribution is -2.51. The van der Waals surface area contributed by atoms with Crippen molar-refractivity contribution in [3.05, 3.63) is 35.9 Å². The Balaban J connectivity index is 0.00000385. The Hall–Kier alpha value is -1.39. The number of hydrogen-bond donors (Lipinski definition) is 3. The van der Waals surface area contributed by atoms with Gasteiger partial charge in [-0.3, -0.25) is 14.7 Å². The lowest BCUT2D eigenvalue weighted by atomic mass is 9.96. The molecule has 0 aromatic heterocycles. The van der Waals surface area contributed by atoms with E-state index in [4.69, 9.17) is 5.73 Å². The van der Waals surface area contributed by atoms with Crippen LogP contribution in [0.2, 0.25) is 0 Å². The molecule has 0 bridgehead atoms. The Morgan fingerprint density at radius 1 is 1.12 bits per heavy atom. The summed E-state index contributed by atoms with van der Waals surface area (Å²) >= 11 is 0. The quantitative estimate of drug-likeness (QED) is 0.184. The number of guanidine groups is 1. The number of nitrogens with one attached hydrogen (secondary N) is 2. The van der Waals surface area contributed by atoms with Crippen molar-refractivity contribution in [1.82, 2.24) is 20.4 Å². The monoisotopic (exact) mass is 570 g/mol. The number of primary amides is 1. The number of aliphatic imine (C=N–C) groups is 1. The molecule has 1 amide bonds. The third kappa shape index (κ3) is 9.41. The van der Waals surface area contributed by atoms with Crippen molar-refractivity contribution < 1.29 is 4.79 Å². The van der Waals surface area contributed by atoms with Gasteiger partial charge in [-0.15, -0.1) is 24.0 Å². The summed E-state index contributed by atoms with van der Waals surface area (Å²) < 4.78 is 0. The van der Waals surface area contributed by atoms with E-state index in [1.807, 2.05) is 7.05 Å². The zero-order valence-corrected chi connectivity index (χ0v) is 22.7. The molecule has 3 rings (SSSR count). The maximum atomic E-state index is 11.3. The molecule has 2 saturated heterocycles. The highest BCUT2D eigenvalue weighted by Crippen LogP contribution is 2.20. The first-order chi connectivity index (χ1) is 15.5. The average molecular weight is 571 g/mol. The summed E-state index contributed by atoms with van der Waals surface area (Å²) in [6.45, 7) is 8.48. The Labute approximate surface area is 217 Å². The van der Waals surface area contributed by atoms with Gasteiger partial charge >= 0.3 is 0 Å². The first-order valence-corrected chi connectivity index (χ1v) is 12.3. The number of halogens is 1. The third-order valence-corrected chi connectivity index (χ3v) is 6.99. The fourth-order valence-corrected chi connectivity index (χ4v) is 4.90. The summed E-state index contributed by atoms with van der Waals surface area (Å²) in [5.74, 6) is 0.861. The Kier molecular flexibility index (Phi) is 12.5. The van der Waals surface area contributed by atoms with Crippen molar-refractivity contribution in [2.75, 3.05) is 39.8 Å². The molecule has 2 atom stereocenters. The molecule has 1 aromatic rings. The number of amides is 1. The normalized spacial score (nSPS) is 23.0. The number of nitrogens with zero attached hydrogens (tertiary/aromatic N) is 3. The van der Waals surface area contributed by atoms with Crippen LogP contribution in [0, 0.1) is 5.92 Å². The highest BCUT2D eigenvalue weighted by molar-refractivity contribution is 14.0. The highest BCUT2D eigenvalue weighted by Gasteiger charge is 2.26. The predicted octanol–water partition coefficient (Wildman–Crippen LogP) is 2.80. The Morgan fingerprint density at radius 3 is 2.48 bits per heavy atom. The summed E-state index contributed by atoms with van der Waals surface area (Å²) in [7, 11) is 1.85. The minimum absolute atomic E-state index is 0. The number of hydrogen-bond acceptors (Lipinski definition) is 4. The summed E-state index contributed by atoms with van der Waals surface area (Å²) in [6, 6.07) is 11.8. The molecule has 2 heterocycles. The van der Waals surface area contributed by atoms with Crippen molar-refractivity contribution in [2.24, 2.45) is 16.6 Å². The number of nitrogens with two attached hydrogens (primary N) is 1. The lowest BCUT2D eigenvalue weighted by Gasteiger charge is -2.38. The van der Waals surface area contributed by atoms with E-state index in [0.717, 1.165) is 83.8 Å². The number of piperidine rings is 2. The second-order valence-electron chi connectivity index (χ2n) is 9.40. The smallest absolute Gasteiger partial charge is 0.220 e. The fourth-order valence-electron chi connectivity index (χ4n) is 4.90. The molecular formula is C25H43IN6O. The fraction of sp³-hybridized carbons (Fsp3) is 0.680. The Morgan fingerprint density at radius 2 is 1.85 bits per heavy atom. The maximum absolute atomic E-state index is 11.3. The van der Waals surface area contributed by atoms with Crippen LogP contribution in [0.3, 0.4) is 0 Å². The van der Waals surface area contributed by atoms with E-state index in [2.05, 4.69) is 62.7 Å². The Bertz CT molecular complexity index is 723. The number of unbranched alkanes of at least 4 members (excludes halogenated alkanes) is 1. The molecule has 186 valence electrons. The minimum Gasteiger partial charge on any atom is -0.369 e. The van der Waals surface area contributed by atoms with Crippen LogP contribution in [0.5, 0.6) is 0 Å². The van der Waals surface area contributed by atoms with Gasteiger partial charge in [0, 0.05) is 44.7 Å². The molecule has 2 aliphatic rings. The van der Waals surface area contributed by atoms with Crippen molar-refractivity contribution >= 4 is 35.8 Å². The van der Waals surface area contributed by atoms with E-state index in [0.29, 0.717) is 12.1 Å². The summed E-state index contributed by atoms with van der Waals surface area (Å²) in [6.07, 6.45) is 6.36. The topological polar surface area (TPSA) is 86.0 Å². The molecular weight excluding hydrogens is 527 g/mol. The zero-order valence-electron chi connectivity index (χ0n) is 20.3. The molecule has 2 aliphatic heterocycles. The first-order valence-electron chi connectivity index (χ1n) is 12.3. The molecule has 1 aromatic carbocycles. The van der Waals surface area contributed by atoms with Crippen molar-refractivity contribution in [1.29, 1.82) is 0 Å². The highest BCUT2D eigenvalue weighted by atomic mass is 127. The summed E-state index contributed by atoms with van der Waals surface area (Å²) in [5.41, 5.74) is 6.81. The largest absolute Gasteiger partial charge is 0.369 e.